The van der Waals surface area contributed by atoms with Crippen LogP contribution in [0, 0.1) is 0 Å². The highest BCUT2D eigenvalue weighted by molar-refractivity contribution is 5.83. The molecule has 1 atom stereocenters. The first kappa shape index (κ1) is 13.1. The lowest BCUT2D eigenvalue weighted by Gasteiger charge is -2.16. The number of aliphatic carboxylic acids is 1. The van der Waals surface area contributed by atoms with Crippen LogP contribution in [0.2, 0.25) is 0 Å². The molecule has 1 aromatic rings. The Morgan fingerprint density at radius 2 is 2.11 bits per heavy atom. The predicted molar refractivity (Wildman–Crippen MR) is 70.3 cm³/mol. The SMILES string of the molecule is [2H]C(C(=O)OCC)=C(C)NC(C(=O)O)c1ccccc1. The molecule has 0 aliphatic heterocycles. The first-order valence-corrected chi connectivity index (χ1v) is 5.86. The van der Waals surface area contributed by atoms with Gasteiger partial charge in [0.05, 0.1) is 7.98 Å². The van der Waals surface area contributed by atoms with Crippen LogP contribution in [-0.2, 0) is 14.3 Å². The zero-order chi connectivity index (χ0) is 15.1. The van der Waals surface area contributed by atoms with E-state index in [1.165, 1.54) is 6.92 Å². The minimum atomic E-state index is -1.09. The summed E-state index contributed by atoms with van der Waals surface area (Å²) in [6.07, 6.45) is 0. The first-order valence-electron chi connectivity index (χ1n) is 6.36. The van der Waals surface area contributed by atoms with Crippen molar-refractivity contribution in [2.24, 2.45) is 0 Å². The summed E-state index contributed by atoms with van der Waals surface area (Å²) in [4.78, 5) is 22.7. The van der Waals surface area contributed by atoms with Crippen LogP contribution in [0.15, 0.2) is 42.1 Å². The van der Waals surface area contributed by atoms with Gasteiger partial charge in [-0.25, -0.2) is 9.59 Å². The van der Waals surface area contributed by atoms with E-state index in [2.05, 4.69) is 5.32 Å². The molecule has 2 N–H and O–H groups in total. The molecule has 0 aromatic heterocycles. The Hall–Kier alpha value is -2.30. The van der Waals surface area contributed by atoms with Crippen molar-refractivity contribution in [1.82, 2.24) is 5.32 Å². The second kappa shape index (κ2) is 7.20. The fourth-order valence-corrected chi connectivity index (χ4v) is 1.51. The average Bonchev–Trinajstić information content (AvgIpc) is 2.44. The first-order chi connectivity index (χ1) is 9.47. The topological polar surface area (TPSA) is 75.6 Å². The van der Waals surface area contributed by atoms with Crippen LogP contribution in [0.4, 0.5) is 0 Å². The lowest BCUT2D eigenvalue weighted by Crippen LogP contribution is -2.27. The van der Waals surface area contributed by atoms with Crippen molar-refractivity contribution in [3.05, 3.63) is 47.6 Å². The van der Waals surface area contributed by atoms with Crippen molar-refractivity contribution in [1.29, 1.82) is 0 Å². The van der Waals surface area contributed by atoms with Gasteiger partial charge in [0.2, 0.25) is 0 Å². The number of hydrogen-bond donors (Lipinski definition) is 2. The number of hydrogen-bond acceptors (Lipinski definition) is 4. The van der Waals surface area contributed by atoms with Crippen molar-refractivity contribution in [2.45, 2.75) is 19.9 Å². The van der Waals surface area contributed by atoms with Crippen LogP contribution < -0.4 is 5.32 Å². The number of allylic oxidation sites excluding steroid dienone is 1. The standard InChI is InChI=1S/C14H17NO4/c1-3-19-12(16)9-10(2)15-13(14(17)18)11-7-5-4-6-8-11/h4-9,13,15H,3H2,1-2H3,(H,17,18)/i9D. The summed E-state index contributed by atoms with van der Waals surface area (Å²) in [6.45, 7) is 3.27. The molecule has 0 amide bonds. The summed E-state index contributed by atoms with van der Waals surface area (Å²) in [6, 6.07) is 7.14. The third-order valence-corrected chi connectivity index (χ3v) is 2.31. The second-order valence-corrected chi connectivity index (χ2v) is 3.80. The van der Waals surface area contributed by atoms with Crippen molar-refractivity contribution in [2.75, 3.05) is 6.61 Å². The molecule has 0 aliphatic carbocycles. The van der Waals surface area contributed by atoms with Gasteiger partial charge in [0, 0.05) is 11.7 Å². The summed E-state index contributed by atoms with van der Waals surface area (Å²) in [5.41, 5.74) is 0.690. The molecule has 0 bridgehead atoms. The van der Waals surface area contributed by atoms with Gasteiger partial charge in [0.25, 0.3) is 0 Å². The number of carboxylic acid groups (broad SMARTS) is 1. The van der Waals surface area contributed by atoms with E-state index in [0.29, 0.717) is 5.56 Å². The highest BCUT2D eigenvalue weighted by Gasteiger charge is 2.19. The Kier molecular flexibility index (Phi) is 4.98. The number of carboxylic acids is 1. The number of esters is 1. The molecule has 19 heavy (non-hydrogen) atoms. The van der Waals surface area contributed by atoms with Crippen LogP contribution in [-0.4, -0.2) is 23.7 Å². The molecule has 5 heteroatoms. The molecule has 0 saturated heterocycles. The van der Waals surface area contributed by atoms with E-state index >= 15 is 0 Å². The van der Waals surface area contributed by atoms with Crippen LogP contribution in [0.1, 0.15) is 26.8 Å². The van der Waals surface area contributed by atoms with Gasteiger partial charge in [0.1, 0.15) is 6.04 Å². The molecule has 0 radical (unpaired) electrons. The number of ether oxygens (including phenoxy) is 1. The van der Waals surface area contributed by atoms with Crippen molar-refractivity contribution in [3.8, 4) is 0 Å². The zero-order valence-electron chi connectivity index (χ0n) is 11.8. The molecule has 1 rings (SSSR count). The predicted octanol–water partition coefficient (Wildman–Crippen LogP) is 1.87. The van der Waals surface area contributed by atoms with E-state index in [1.54, 1.807) is 37.3 Å². The number of nitrogens with one attached hydrogen (secondary N) is 1. The van der Waals surface area contributed by atoms with E-state index in [0.717, 1.165) is 0 Å². The van der Waals surface area contributed by atoms with Gasteiger partial charge in [-0.3, -0.25) is 0 Å². The normalized spacial score (nSPS) is 13.9. The molecule has 0 fully saturated rings. The van der Waals surface area contributed by atoms with Gasteiger partial charge in [-0.15, -0.1) is 0 Å². The number of carbonyl (C=O) groups is 2. The molecular weight excluding hydrogens is 246 g/mol. The van der Waals surface area contributed by atoms with Crippen LogP contribution in [0.3, 0.4) is 0 Å². The maximum Gasteiger partial charge on any atom is 0.332 e. The highest BCUT2D eigenvalue weighted by atomic mass is 16.5. The number of benzene rings is 1. The smallest absolute Gasteiger partial charge is 0.332 e. The van der Waals surface area contributed by atoms with E-state index < -0.39 is 18.0 Å². The maximum atomic E-state index is 11.4. The van der Waals surface area contributed by atoms with E-state index in [9.17, 15) is 14.7 Å². The Labute approximate surface area is 113 Å². The molecule has 1 unspecified atom stereocenters. The zero-order valence-corrected chi connectivity index (χ0v) is 10.8. The van der Waals surface area contributed by atoms with Crippen molar-refractivity contribution < 1.29 is 20.8 Å². The minimum absolute atomic E-state index is 0.153. The Morgan fingerprint density at radius 3 is 2.63 bits per heavy atom. The summed E-state index contributed by atoms with van der Waals surface area (Å²) < 4.78 is 12.3. The largest absolute Gasteiger partial charge is 0.479 e. The van der Waals surface area contributed by atoms with Gasteiger partial charge in [-0.1, -0.05) is 30.3 Å². The fraction of sp³-hybridized carbons (Fsp3) is 0.286. The summed E-state index contributed by atoms with van der Waals surface area (Å²) in [5.74, 6) is -1.87. The maximum absolute atomic E-state index is 11.4. The minimum Gasteiger partial charge on any atom is -0.479 e. The Morgan fingerprint density at radius 1 is 1.47 bits per heavy atom. The van der Waals surface area contributed by atoms with E-state index in [1.807, 2.05) is 0 Å². The van der Waals surface area contributed by atoms with Crippen LogP contribution in [0.25, 0.3) is 0 Å². The van der Waals surface area contributed by atoms with Gasteiger partial charge in [0.15, 0.2) is 0 Å². The third kappa shape index (κ3) is 4.83. The van der Waals surface area contributed by atoms with Gasteiger partial charge in [-0.05, 0) is 19.4 Å². The lowest BCUT2D eigenvalue weighted by molar-refractivity contribution is -0.140. The Bertz CT molecular complexity index is 513. The quantitative estimate of drug-likeness (QED) is 0.606. The van der Waals surface area contributed by atoms with Gasteiger partial charge < -0.3 is 15.2 Å². The summed E-state index contributed by atoms with van der Waals surface area (Å²) >= 11 is 0. The number of rotatable bonds is 6. The van der Waals surface area contributed by atoms with Crippen LogP contribution >= 0.6 is 0 Å². The lowest BCUT2D eigenvalue weighted by atomic mass is 10.1. The monoisotopic (exact) mass is 264 g/mol. The fourth-order valence-electron chi connectivity index (χ4n) is 1.51. The molecule has 0 spiro atoms. The van der Waals surface area contributed by atoms with Crippen molar-refractivity contribution >= 4 is 11.9 Å². The van der Waals surface area contributed by atoms with Crippen molar-refractivity contribution in [3.63, 3.8) is 0 Å². The van der Waals surface area contributed by atoms with Crippen LogP contribution in [0.5, 0.6) is 0 Å². The summed E-state index contributed by atoms with van der Waals surface area (Å²) in [7, 11) is 0. The van der Waals surface area contributed by atoms with Gasteiger partial charge >= 0.3 is 11.9 Å². The van der Waals surface area contributed by atoms with Gasteiger partial charge in [-0.2, -0.15) is 0 Å². The molecular formula is C14H17NO4. The Balaban J connectivity index is 2.94. The molecule has 5 nitrogen and oxygen atoms in total. The molecule has 0 saturated carbocycles. The molecule has 0 heterocycles. The second-order valence-electron chi connectivity index (χ2n) is 3.80. The molecule has 1 aromatic carbocycles. The average molecular weight is 264 g/mol. The van der Waals surface area contributed by atoms with E-state index in [4.69, 9.17) is 6.11 Å². The number of carbonyl (C=O) groups excluding carboxylic acids is 1. The summed E-state index contributed by atoms with van der Waals surface area (Å²) in [5, 5.41) is 11.9. The molecule has 0 aliphatic rings. The molecule has 102 valence electrons. The van der Waals surface area contributed by atoms with E-state index in [-0.39, 0.29) is 18.4 Å². The third-order valence-electron chi connectivity index (χ3n) is 2.31. The highest BCUT2D eigenvalue weighted by Crippen LogP contribution is 2.14.